The zero-order valence-electron chi connectivity index (χ0n) is 10.1. The van der Waals surface area contributed by atoms with Crippen molar-refractivity contribution in [3.05, 3.63) is 42.0 Å². The van der Waals surface area contributed by atoms with Gasteiger partial charge in [-0.15, -0.1) is 0 Å². The number of rotatable bonds is 5. The Hall–Kier alpha value is -2.30. The number of carbonyl (C=O) groups is 2. The smallest absolute Gasteiger partial charge is 0.409 e. The van der Waals surface area contributed by atoms with Crippen LogP contribution in [0.2, 0.25) is 0 Å². The Morgan fingerprint density at radius 2 is 2.06 bits per heavy atom. The van der Waals surface area contributed by atoms with Gasteiger partial charge in [0.15, 0.2) is 0 Å². The lowest BCUT2D eigenvalue weighted by Crippen LogP contribution is -2.12. The van der Waals surface area contributed by atoms with E-state index < -0.39 is 12.1 Å². The summed E-state index contributed by atoms with van der Waals surface area (Å²) in [6, 6.07) is 6.96. The molecular weight excluding hydrogens is 234 g/mol. The first kappa shape index (κ1) is 13.8. The lowest BCUT2D eigenvalue weighted by molar-refractivity contribution is -0.138. The van der Waals surface area contributed by atoms with Crippen molar-refractivity contribution < 1.29 is 19.4 Å². The second kappa shape index (κ2) is 6.44. The summed E-state index contributed by atoms with van der Waals surface area (Å²) in [7, 11) is 0. The summed E-state index contributed by atoms with van der Waals surface area (Å²) >= 11 is 0. The minimum Gasteiger partial charge on any atom is -0.465 e. The summed E-state index contributed by atoms with van der Waals surface area (Å²) < 4.78 is 4.95. The summed E-state index contributed by atoms with van der Waals surface area (Å²) in [4.78, 5) is 21.7. The molecule has 18 heavy (non-hydrogen) atoms. The number of carboxylic acid groups (broad SMARTS) is 1. The van der Waals surface area contributed by atoms with Gasteiger partial charge in [0.05, 0.1) is 6.61 Å². The van der Waals surface area contributed by atoms with E-state index in [1.54, 1.807) is 31.2 Å². The predicted molar refractivity (Wildman–Crippen MR) is 67.6 cm³/mol. The van der Waals surface area contributed by atoms with Gasteiger partial charge in [-0.05, 0) is 18.6 Å². The van der Waals surface area contributed by atoms with Crippen molar-refractivity contribution in [3.8, 4) is 0 Å². The fraction of sp³-hybridized carbons (Fsp3) is 0.231. The summed E-state index contributed by atoms with van der Waals surface area (Å²) in [6.45, 7) is 5.23. The third kappa shape index (κ3) is 4.29. The number of nitrogens with one attached hydrogen (secondary N) is 1. The Morgan fingerprint density at radius 3 is 2.67 bits per heavy atom. The summed E-state index contributed by atoms with van der Waals surface area (Å²) in [5.74, 6) is -0.446. The van der Waals surface area contributed by atoms with E-state index >= 15 is 0 Å². The van der Waals surface area contributed by atoms with Gasteiger partial charge in [0, 0.05) is 17.7 Å². The molecule has 0 aliphatic rings. The van der Waals surface area contributed by atoms with Crippen LogP contribution in [-0.4, -0.2) is 23.8 Å². The highest BCUT2D eigenvalue weighted by atomic mass is 16.5. The average Bonchev–Trinajstić information content (AvgIpc) is 2.30. The van der Waals surface area contributed by atoms with Crippen molar-refractivity contribution in [2.45, 2.75) is 13.3 Å². The Morgan fingerprint density at radius 1 is 1.39 bits per heavy atom. The van der Waals surface area contributed by atoms with Crippen molar-refractivity contribution in [1.29, 1.82) is 0 Å². The zero-order valence-corrected chi connectivity index (χ0v) is 10.1. The molecule has 1 aromatic carbocycles. The van der Waals surface area contributed by atoms with Crippen molar-refractivity contribution in [3.63, 3.8) is 0 Å². The Balaban J connectivity index is 2.59. The van der Waals surface area contributed by atoms with E-state index in [0.717, 1.165) is 5.56 Å². The van der Waals surface area contributed by atoms with Crippen LogP contribution < -0.4 is 5.32 Å². The largest absolute Gasteiger partial charge is 0.465 e. The number of carbonyl (C=O) groups excluding carboxylic acids is 1. The van der Waals surface area contributed by atoms with Crippen LogP contribution in [0.5, 0.6) is 0 Å². The number of esters is 1. The van der Waals surface area contributed by atoms with Gasteiger partial charge in [0.1, 0.15) is 0 Å². The molecule has 1 rings (SSSR count). The Kier molecular flexibility index (Phi) is 4.92. The minimum atomic E-state index is -1.12. The molecule has 1 amide bonds. The van der Waals surface area contributed by atoms with Crippen LogP contribution in [0.25, 0.3) is 0 Å². The molecule has 5 nitrogen and oxygen atoms in total. The highest BCUT2D eigenvalue weighted by Gasteiger charge is 2.07. The fourth-order valence-electron chi connectivity index (χ4n) is 1.35. The van der Waals surface area contributed by atoms with Crippen LogP contribution in [-0.2, 0) is 16.0 Å². The van der Waals surface area contributed by atoms with Gasteiger partial charge in [-0.1, -0.05) is 24.8 Å². The van der Waals surface area contributed by atoms with E-state index in [2.05, 4.69) is 11.9 Å². The number of hydrogen-bond acceptors (Lipinski definition) is 3. The summed E-state index contributed by atoms with van der Waals surface area (Å²) in [6.07, 6.45) is -0.684. The van der Waals surface area contributed by atoms with Gasteiger partial charge in [-0.25, -0.2) is 9.59 Å². The Bertz CT molecular complexity index is 468. The third-order valence-corrected chi connectivity index (χ3v) is 2.21. The third-order valence-electron chi connectivity index (χ3n) is 2.21. The number of ether oxygens (including phenoxy) is 1. The molecule has 96 valence electrons. The first-order valence-corrected chi connectivity index (χ1v) is 5.41. The molecule has 0 heterocycles. The predicted octanol–water partition coefficient (Wildman–Crippen LogP) is 2.44. The molecule has 0 unspecified atom stereocenters. The maximum atomic E-state index is 11.2. The molecule has 1 aromatic rings. The van der Waals surface area contributed by atoms with Crippen molar-refractivity contribution in [2.24, 2.45) is 0 Å². The molecule has 0 saturated heterocycles. The standard InChI is InChI=1S/C13H15NO4/c1-9(2)12(15)18-8-7-10-5-3-4-6-11(10)14-13(16)17/h3-6,14H,1,7-8H2,2H3,(H,16,17). The van der Waals surface area contributed by atoms with Gasteiger partial charge >= 0.3 is 12.1 Å². The highest BCUT2D eigenvalue weighted by molar-refractivity contribution is 5.87. The van der Waals surface area contributed by atoms with Gasteiger partial charge in [-0.3, -0.25) is 5.32 Å². The highest BCUT2D eigenvalue weighted by Crippen LogP contribution is 2.15. The zero-order chi connectivity index (χ0) is 13.5. The number of hydrogen-bond donors (Lipinski definition) is 2. The molecule has 0 spiro atoms. The minimum absolute atomic E-state index is 0.185. The van der Waals surface area contributed by atoms with Crippen LogP contribution in [0.1, 0.15) is 12.5 Å². The van der Waals surface area contributed by atoms with Gasteiger partial charge in [-0.2, -0.15) is 0 Å². The lowest BCUT2D eigenvalue weighted by atomic mass is 10.1. The number of benzene rings is 1. The molecule has 5 heteroatoms. The maximum absolute atomic E-state index is 11.2. The van der Waals surface area contributed by atoms with E-state index in [1.807, 2.05) is 0 Å². The molecule has 0 atom stereocenters. The quantitative estimate of drug-likeness (QED) is 0.620. The topological polar surface area (TPSA) is 75.6 Å². The van der Waals surface area contributed by atoms with E-state index in [4.69, 9.17) is 9.84 Å². The lowest BCUT2D eigenvalue weighted by Gasteiger charge is -2.09. The molecule has 0 saturated carbocycles. The average molecular weight is 249 g/mol. The van der Waals surface area contributed by atoms with Crippen LogP contribution in [0.4, 0.5) is 10.5 Å². The molecule has 2 N–H and O–H groups in total. The monoisotopic (exact) mass is 249 g/mol. The van der Waals surface area contributed by atoms with Crippen LogP contribution in [0, 0.1) is 0 Å². The van der Waals surface area contributed by atoms with Crippen molar-refractivity contribution >= 4 is 17.7 Å². The number of anilines is 1. The molecule has 0 aromatic heterocycles. The van der Waals surface area contributed by atoms with Gasteiger partial charge < -0.3 is 9.84 Å². The fourth-order valence-corrected chi connectivity index (χ4v) is 1.35. The van der Waals surface area contributed by atoms with E-state index in [0.29, 0.717) is 17.7 Å². The van der Waals surface area contributed by atoms with Crippen molar-refractivity contribution in [1.82, 2.24) is 0 Å². The SMILES string of the molecule is C=C(C)C(=O)OCCc1ccccc1NC(=O)O. The van der Waals surface area contributed by atoms with Crippen LogP contribution >= 0.6 is 0 Å². The van der Waals surface area contributed by atoms with Crippen LogP contribution in [0.15, 0.2) is 36.4 Å². The second-order valence-electron chi connectivity index (χ2n) is 3.75. The van der Waals surface area contributed by atoms with Gasteiger partial charge in [0.25, 0.3) is 0 Å². The molecule has 0 aliphatic heterocycles. The first-order chi connectivity index (χ1) is 8.50. The normalized spacial score (nSPS) is 9.61. The molecule has 0 bridgehead atoms. The van der Waals surface area contributed by atoms with Gasteiger partial charge in [0.2, 0.25) is 0 Å². The number of amides is 1. The molecule has 0 fully saturated rings. The van der Waals surface area contributed by atoms with Crippen LogP contribution in [0.3, 0.4) is 0 Å². The second-order valence-corrected chi connectivity index (χ2v) is 3.75. The van der Waals surface area contributed by atoms with E-state index in [1.165, 1.54) is 0 Å². The summed E-state index contributed by atoms with van der Waals surface area (Å²) in [5, 5.41) is 11.0. The molecular formula is C13H15NO4. The van der Waals surface area contributed by atoms with Crippen molar-refractivity contribution in [2.75, 3.05) is 11.9 Å². The first-order valence-electron chi connectivity index (χ1n) is 5.41. The molecule has 0 radical (unpaired) electrons. The van der Waals surface area contributed by atoms with E-state index in [-0.39, 0.29) is 6.61 Å². The maximum Gasteiger partial charge on any atom is 0.409 e. The number of para-hydroxylation sites is 1. The molecule has 0 aliphatic carbocycles. The van der Waals surface area contributed by atoms with E-state index in [9.17, 15) is 9.59 Å². The Labute approximate surface area is 105 Å². The summed E-state index contributed by atoms with van der Waals surface area (Å²) in [5.41, 5.74) is 1.61.